The van der Waals surface area contributed by atoms with Crippen molar-refractivity contribution in [3.8, 4) is 0 Å². The minimum Gasteiger partial charge on any atom is -0.340 e. The van der Waals surface area contributed by atoms with E-state index >= 15 is 0 Å². The molecule has 1 heterocycles. The Morgan fingerprint density at radius 1 is 1.17 bits per heavy atom. The van der Waals surface area contributed by atoms with E-state index in [0.717, 1.165) is 38.2 Å². The van der Waals surface area contributed by atoms with Crippen molar-refractivity contribution >= 4 is 29.1 Å². The van der Waals surface area contributed by atoms with Crippen LogP contribution in [0.3, 0.4) is 0 Å². The van der Waals surface area contributed by atoms with Gasteiger partial charge in [0.05, 0.1) is 10.0 Å². The molecule has 0 aromatic heterocycles. The first-order valence-electron chi connectivity index (χ1n) is 8.09. The monoisotopic (exact) mass is 357 g/mol. The summed E-state index contributed by atoms with van der Waals surface area (Å²) in [6.45, 7) is 7.84. The lowest BCUT2D eigenvalue weighted by Crippen LogP contribution is -2.42. The van der Waals surface area contributed by atoms with Gasteiger partial charge >= 0.3 is 0 Å². The number of benzene rings is 1. The van der Waals surface area contributed by atoms with Crippen LogP contribution in [0, 0.1) is 0 Å². The van der Waals surface area contributed by atoms with Gasteiger partial charge < -0.3 is 10.2 Å². The van der Waals surface area contributed by atoms with Crippen LogP contribution in [-0.4, -0.2) is 55.0 Å². The molecular formula is C17H25Cl2N3O. The summed E-state index contributed by atoms with van der Waals surface area (Å²) >= 11 is 12.4. The van der Waals surface area contributed by atoms with E-state index in [2.05, 4.69) is 24.1 Å². The molecule has 128 valence electrons. The SMILES string of the molecule is CNC(C(=O)N1CCCN(C(C)C)CC1)c1cccc(Cl)c1Cl. The summed E-state index contributed by atoms with van der Waals surface area (Å²) in [6.07, 6.45) is 0.990. The van der Waals surface area contributed by atoms with Gasteiger partial charge in [0.25, 0.3) is 0 Å². The fourth-order valence-corrected chi connectivity index (χ4v) is 3.43. The third-order valence-corrected chi connectivity index (χ3v) is 5.23. The average Bonchev–Trinajstić information content (AvgIpc) is 2.78. The number of hydrogen-bond donors (Lipinski definition) is 1. The molecule has 6 heteroatoms. The molecule has 1 aromatic carbocycles. The molecule has 0 aliphatic carbocycles. The van der Waals surface area contributed by atoms with Gasteiger partial charge in [0.1, 0.15) is 6.04 Å². The highest BCUT2D eigenvalue weighted by molar-refractivity contribution is 6.42. The highest BCUT2D eigenvalue weighted by Crippen LogP contribution is 2.30. The Hall–Kier alpha value is -0.810. The van der Waals surface area contributed by atoms with E-state index in [9.17, 15) is 4.79 Å². The number of nitrogens with one attached hydrogen (secondary N) is 1. The number of nitrogens with zero attached hydrogens (tertiary/aromatic N) is 2. The molecule has 0 saturated carbocycles. The van der Waals surface area contributed by atoms with Gasteiger partial charge in [0.15, 0.2) is 0 Å². The van der Waals surface area contributed by atoms with Gasteiger partial charge in [0, 0.05) is 32.2 Å². The Balaban J connectivity index is 2.15. The average molecular weight is 358 g/mol. The summed E-state index contributed by atoms with van der Waals surface area (Å²) in [6, 6.07) is 5.45. The minimum absolute atomic E-state index is 0.0577. The molecule has 1 aliphatic heterocycles. The van der Waals surface area contributed by atoms with Crippen LogP contribution in [0.5, 0.6) is 0 Å². The van der Waals surface area contributed by atoms with Crippen LogP contribution < -0.4 is 5.32 Å². The number of rotatable bonds is 4. The fourth-order valence-electron chi connectivity index (χ4n) is 3.01. The van der Waals surface area contributed by atoms with Crippen molar-refractivity contribution < 1.29 is 4.79 Å². The summed E-state index contributed by atoms with van der Waals surface area (Å²) in [5, 5.41) is 4.01. The van der Waals surface area contributed by atoms with Crippen LogP contribution in [0.15, 0.2) is 18.2 Å². The first kappa shape index (κ1) is 18.5. The van der Waals surface area contributed by atoms with Crippen molar-refractivity contribution in [2.24, 2.45) is 0 Å². The quantitative estimate of drug-likeness (QED) is 0.898. The van der Waals surface area contributed by atoms with E-state index in [1.165, 1.54) is 0 Å². The zero-order valence-electron chi connectivity index (χ0n) is 14.0. The van der Waals surface area contributed by atoms with E-state index in [-0.39, 0.29) is 5.91 Å². The van der Waals surface area contributed by atoms with E-state index in [1.54, 1.807) is 13.1 Å². The van der Waals surface area contributed by atoms with Crippen molar-refractivity contribution in [2.45, 2.75) is 32.4 Å². The van der Waals surface area contributed by atoms with Gasteiger partial charge in [0.2, 0.25) is 5.91 Å². The van der Waals surface area contributed by atoms with E-state index in [1.807, 2.05) is 17.0 Å². The normalized spacial score (nSPS) is 18.1. The zero-order valence-corrected chi connectivity index (χ0v) is 15.5. The minimum atomic E-state index is -0.466. The van der Waals surface area contributed by atoms with Crippen molar-refractivity contribution in [1.82, 2.24) is 15.1 Å². The first-order valence-corrected chi connectivity index (χ1v) is 8.85. The molecule has 0 bridgehead atoms. The maximum absolute atomic E-state index is 13.0. The highest BCUT2D eigenvalue weighted by Gasteiger charge is 2.28. The smallest absolute Gasteiger partial charge is 0.244 e. The number of likely N-dealkylation sites (N-methyl/N-ethyl adjacent to an activating group) is 1. The third-order valence-electron chi connectivity index (χ3n) is 4.40. The molecule has 2 rings (SSSR count). The second-order valence-electron chi connectivity index (χ2n) is 6.17. The molecular weight excluding hydrogens is 333 g/mol. The van der Waals surface area contributed by atoms with Gasteiger partial charge in [-0.15, -0.1) is 0 Å². The lowest BCUT2D eigenvalue weighted by molar-refractivity contribution is -0.133. The summed E-state index contributed by atoms with van der Waals surface area (Å²) in [5.41, 5.74) is 0.733. The number of amides is 1. The third kappa shape index (κ3) is 4.38. The van der Waals surface area contributed by atoms with Crippen molar-refractivity contribution in [3.63, 3.8) is 0 Å². The zero-order chi connectivity index (χ0) is 17.0. The van der Waals surface area contributed by atoms with Crippen molar-refractivity contribution in [1.29, 1.82) is 0 Å². The molecule has 1 saturated heterocycles. The molecule has 1 fully saturated rings. The maximum Gasteiger partial charge on any atom is 0.244 e. The molecule has 4 nitrogen and oxygen atoms in total. The van der Waals surface area contributed by atoms with E-state index in [4.69, 9.17) is 23.2 Å². The van der Waals surface area contributed by atoms with Crippen molar-refractivity contribution in [3.05, 3.63) is 33.8 Å². The Morgan fingerprint density at radius 2 is 1.91 bits per heavy atom. The van der Waals surface area contributed by atoms with Gasteiger partial charge in [-0.3, -0.25) is 9.69 Å². The fraction of sp³-hybridized carbons (Fsp3) is 0.588. The lowest BCUT2D eigenvalue weighted by atomic mass is 10.1. The Labute approximate surface area is 148 Å². The van der Waals surface area contributed by atoms with E-state index < -0.39 is 6.04 Å². The van der Waals surface area contributed by atoms with Crippen LogP contribution in [-0.2, 0) is 4.79 Å². The van der Waals surface area contributed by atoms with Gasteiger partial charge in [-0.2, -0.15) is 0 Å². The highest BCUT2D eigenvalue weighted by atomic mass is 35.5. The Morgan fingerprint density at radius 3 is 2.57 bits per heavy atom. The summed E-state index contributed by atoms with van der Waals surface area (Å²) in [4.78, 5) is 17.3. The van der Waals surface area contributed by atoms with Crippen LogP contribution in [0.2, 0.25) is 10.0 Å². The number of halogens is 2. The summed E-state index contributed by atoms with van der Waals surface area (Å²) in [5.74, 6) is 0.0577. The number of carbonyl (C=O) groups excluding carboxylic acids is 1. The van der Waals surface area contributed by atoms with Crippen LogP contribution in [0.4, 0.5) is 0 Å². The molecule has 1 unspecified atom stereocenters. The molecule has 0 radical (unpaired) electrons. The molecule has 1 atom stereocenters. The molecule has 23 heavy (non-hydrogen) atoms. The molecule has 1 amide bonds. The topological polar surface area (TPSA) is 35.6 Å². The van der Waals surface area contributed by atoms with Crippen LogP contribution >= 0.6 is 23.2 Å². The van der Waals surface area contributed by atoms with Crippen LogP contribution in [0.1, 0.15) is 31.9 Å². The largest absolute Gasteiger partial charge is 0.340 e. The molecule has 1 N–H and O–H groups in total. The Kier molecular flexibility index (Phi) is 6.72. The lowest BCUT2D eigenvalue weighted by Gasteiger charge is -2.28. The van der Waals surface area contributed by atoms with Crippen LogP contribution in [0.25, 0.3) is 0 Å². The predicted octanol–water partition coefficient (Wildman–Crippen LogP) is 3.20. The number of hydrogen-bond acceptors (Lipinski definition) is 3. The molecule has 0 spiro atoms. The standard InChI is InChI=1S/C17H25Cl2N3O/c1-12(2)21-8-5-9-22(11-10-21)17(23)16(20-3)13-6-4-7-14(18)15(13)19/h4,6-7,12,16,20H,5,8-11H2,1-3H3. The second kappa shape index (κ2) is 8.34. The molecule has 1 aromatic rings. The van der Waals surface area contributed by atoms with Crippen molar-refractivity contribution in [2.75, 3.05) is 33.2 Å². The Bertz CT molecular complexity index is 551. The van der Waals surface area contributed by atoms with E-state index in [0.29, 0.717) is 16.1 Å². The second-order valence-corrected chi connectivity index (χ2v) is 6.96. The van der Waals surface area contributed by atoms with Gasteiger partial charge in [-0.05, 0) is 38.9 Å². The molecule has 1 aliphatic rings. The summed E-state index contributed by atoms with van der Waals surface area (Å²) < 4.78 is 0. The van der Waals surface area contributed by atoms with Gasteiger partial charge in [-0.25, -0.2) is 0 Å². The van der Waals surface area contributed by atoms with Gasteiger partial charge in [-0.1, -0.05) is 35.3 Å². The summed E-state index contributed by atoms with van der Waals surface area (Å²) in [7, 11) is 1.78. The first-order chi connectivity index (χ1) is 11.0. The predicted molar refractivity (Wildman–Crippen MR) is 96.2 cm³/mol. The maximum atomic E-state index is 13.0. The number of carbonyl (C=O) groups is 1.